The quantitative estimate of drug-likeness (QED) is 0.770. The predicted octanol–water partition coefficient (Wildman–Crippen LogP) is 0.966. The zero-order valence-corrected chi connectivity index (χ0v) is 10.4. The van der Waals surface area contributed by atoms with Gasteiger partial charge in [0.2, 0.25) is 11.8 Å². The van der Waals surface area contributed by atoms with Crippen LogP contribution in [0.2, 0.25) is 0 Å². The van der Waals surface area contributed by atoms with Crippen molar-refractivity contribution in [2.75, 3.05) is 12.4 Å². The summed E-state index contributed by atoms with van der Waals surface area (Å²) in [6.07, 6.45) is 0. The Morgan fingerprint density at radius 2 is 2.00 bits per heavy atom. The fraction of sp³-hybridized carbons (Fsp3) is 0.333. The number of hydrogen-bond acceptors (Lipinski definition) is 2. The van der Waals surface area contributed by atoms with Gasteiger partial charge >= 0.3 is 0 Å². The van der Waals surface area contributed by atoms with Crippen molar-refractivity contribution in [1.29, 1.82) is 0 Å². The summed E-state index contributed by atoms with van der Waals surface area (Å²) in [6, 6.07) is 7.86. The van der Waals surface area contributed by atoms with E-state index in [1.54, 1.807) is 0 Å². The van der Waals surface area contributed by atoms with Crippen molar-refractivity contribution in [2.24, 2.45) is 0 Å². The van der Waals surface area contributed by atoms with Crippen LogP contribution in [0.15, 0.2) is 24.3 Å². The minimum atomic E-state index is -0.350. The lowest BCUT2D eigenvalue weighted by Gasteiger charge is -2.06. The van der Waals surface area contributed by atoms with E-state index >= 15 is 0 Å². The molecule has 0 saturated carbocycles. The fourth-order valence-corrected chi connectivity index (χ4v) is 1.41. The Kier molecular flexibility index (Phi) is 5.49. The number of alkyl halides is 1. The highest BCUT2D eigenvalue weighted by atomic mass is 35.5. The van der Waals surface area contributed by atoms with Gasteiger partial charge in [-0.3, -0.25) is 9.59 Å². The molecule has 1 aromatic rings. The van der Waals surface area contributed by atoms with Crippen LogP contribution in [0.5, 0.6) is 0 Å². The molecule has 1 aromatic carbocycles. The zero-order chi connectivity index (χ0) is 12.7. The number of hydrogen-bond donors (Lipinski definition) is 2. The van der Waals surface area contributed by atoms with Crippen molar-refractivity contribution < 1.29 is 9.59 Å². The molecule has 0 saturated heterocycles. The molecule has 4 nitrogen and oxygen atoms in total. The summed E-state index contributed by atoms with van der Waals surface area (Å²) in [4.78, 5) is 22.2. The molecular formula is C12H15ClN2O2. The number of rotatable bonds is 5. The number of carbonyl (C=O) groups is 2. The van der Waals surface area contributed by atoms with Crippen molar-refractivity contribution in [3.63, 3.8) is 0 Å². The van der Waals surface area contributed by atoms with E-state index in [9.17, 15) is 9.59 Å². The van der Waals surface area contributed by atoms with Crippen LogP contribution in [-0.4, -0.2) is 24.2 Å². The molecule has 0 fully saturated rings. The molecule has 0 aliphatic rings. The first-order valence-electron chi connectivity index (χ1n) is 5.26. The van der Waals surface area contributed by atoms with E-state index in [0.717, 1.165) is 11.1 Å². The molecule has 0 aliphatic heterocycles. The average molecular weight is 255 g/mol. The van der Waals surface area contributed by atoms with Gasteiger partial charge in [-0.2, -0.15) is 0 Å². The van der Waals surface area contributed by atoms with E-state index in [-0.39, 0.29) is 24.2 Å². The molecule has 0 aromatic heterocycles. The van der Waals surface area contributed by atoms with Crippen molar-refractivity contribution in [3.8, 4) is 0 Å². The lowest BCUT2D eigenvalue weighted by Crippen LogP contribution is -2.37. The van der Waals surface area contributed by atoms with Crippen LogP contribution in [0, 0.1) is 6.92 Å². The number of halogens is 1. The summed E-state index contributed by atoms with van der Waals surface area (Å²) in [5, 5.41) is 5.11. The molecular weight excluding hydrogens is 240 g/mol. The van der Waals surface area contributed by atoms with Crippen LogP contribution >= 0.6 is 11.6 Å². The molecule has 0 aliphatic carbocycles. The Balaban J connectivity index is 2.31. The molecule has 0 bridgehead atoms. The molecule has 2 N–H and O–H groups in total. The first-order valence-corrected chi connectivity index (χ1v) is 5.80. The number of benzene rings is 1. The van der Waals surface area contributed by atoms with Gasteiger partial charge in [0.1, 0.15) is 5.88 Å². The first-order chi connectivity index (χ1) is 8.11. The van der Waals surface area contributed by atoms with Crippen LogP contribution < -0.4 is 10.6 Å². The summed E-state index contributed by atoms with van der Waals surface area (Å²) in [5.74, 6) is -0.715. The third-order valence-electron chi connectivity index (χ3n) is 2.14. The highest BCUT2D eigenvalue weighted by Crippen LogP contribution is 2.02. The smallest absolute Gasteiger partial charge is 0.239 e. The molecule has 5 heteroatoms. The van der Waals surface area contributed by atoms with Crippen LogP contribution in [0.25, 0.3) is 0 Å². The monoisotopic (exact) mass is 254 g/mol. The second-order valence-corrected chi connectivity index (χ2v) is 3.94. The van der Waals surface area contributed by atoms with Gasteiger partial charge in [-0.05, 0) is 12.5 Å². The van der Waals surface area contributed by atoms with E-state index < -0.39 is 0 Å². The van der Waals surface area contributed by atoms with Crippen LogP contribution in [-0.2, 0) is 16.1 Å². The fourth-order valence-electron chi connectivity index (χ4n) is 1.31. The summed E-state index contributed by atoms with van der Waals surface area (Å²) in [5.41, 5.74) is 2.18. The lowest BCUT2D eigenvalue weighted by molar-refractivity contribution is -0.124. The third-order valence-corrected chi connectivity index (χ3v) is 2.38. The van der Waals surface area contributed by atoms with Crippen LogP contribution in [0.3, 0.4) is 0 Å². The maximum atomic E-state index is 11.4. The Labute approximate surface area is 105 Å². The van der Waals surface area contributed by atoms with Crippen molar-refractivity contribution in [1.82, 2.24) is 10.6 Å². The van der Waals surface area contributed by atoms with E-state index in [1.807, 2.05) is 31.2 Å². The molecule has 0 atom stereocenters. The maximum Gasteiger partial charge on any atom is 0.239 e. The minimum Gasteiger partial charge on any atom is -0.350 e. The largest absolute Gasteiger partial charge is 0.350 e. The van der Waals surface area contributed by atoms with Crippen molar-refractivity contribution >= 4 is 23.4 Å². The number of carbonyl (C=O) groups excluding carboxylic acids is 2. The van der Waals surface area contributed by atoms with Crippen molar-refractivity contribution in [2.45, 2.75) is 13.5 Å². The molecule has 92 valence electrons. The van der Waals surface area contributed by atoms with E-state index in [2.05, 4.69) is 10.6 Å². The molecule has 0 spiro atoms. The van der Waals surface area contributed by atoms with Gasteiger partial charge in [0, 0.05) is 6.54 Å². The number of aryl methyl sites for hydroxylation is 1. The minimum absolute atomic E-state index is 0.0443. The standard InChI is InChI=1S/C12H15ClN2O2/c1-9-3-2-4-10(5-9)7-14-12(17)8-15-11(16)6-13/h2-5H,6-8H2,1H3,(H,14,17)(H,15,16). The van der Waals surface area contributed by atoms with Gasteiger partial charge < -0.3 is 10.6 Å². The van der Waals surface area contributed by atoms with Gasteiger partial charge in [-0.25, -0.2) is 0 Å². The Bertz CT molecular complexity index is 407. The van der Waals surface area contributed by atoms with Crippen LogP contribution in [0.4, 0.5) is 0 Å². The van der Waals surface area contributed by atoms with E-state index in [0.29, 0.717) is 6.54 Å². The second kappa shape index (κ2) is 6.91. The highest BCUT2D eigenvalue weighted by molar-refractivity contribution is 6.27. The Hall–Kier alpha value is -1.55. The van der Waals surface area contributed by atoms with Gasteiger partial charge in [0.15, 0.2) is 0 Å². The normalized spacial score (nSPS) is 9.76. The molecule has 2 amide bonds. The number of amides is 2. The molecule has 1 rings (SSSR count). The summed E-state index contributed by atoms with van der Waals surface area (Å²) in [6.45, 7) is 2.40. The Morgan fingerprint density at radius 1 is 1.24 bits per heavy atom. The van der Waals surface area contributed by atoms with Gasteiger partial charge in [0.05, 0.1) is 6.54 Å². The summed E-state index contributed by atoms with van der Waals surface area (Å²) >= 11 is 5.28. The lowest BCUT2D eigenvalue weighted by atomic mass is 10.1. The maximum absolute atomic E-state index is 11.4. The van der Waals surface area contributed by atoms with E-state index in [4.69, 9.17) is 11.6 Å². The molecule has 17 heavy (non-hydrogen) atoms. The number of nitrogens with one attached hydrogen (secondary N) is 2. The SMILES string of the molecule is Cc1cccc(CNC(=O)CNC(=O)CCl)c1. The zero-order valence-electron chi connectivity index (χ0n) is 9.63. The summed E-state index contributed by atoms with van der Waals surface area (Å²) < 4.78 is 0. The predicted molar refractivity (Wildman–Crippen MR) is 66.8 cm³/mol. The molecule has 0 radical (unpaired) electrons. The van der Waals surface area contributed by atoms with Gasteiger partial charge in [-0.1, -0.05) is 29.8 Å². The topological polar surface area (TPSA) is 58.2 Å². The average Bonchev–Trinajstić information content (AvgIpc) is 2.33. The van der Waals surface area contributed by atoms with Crippen LogP contribution in [0.1, 0.15) is 11.1 Å². The Morgan fingerprint density at radius 3 is 2.65 bits per heavy atom. The second-order valence-electron chi connectivity index (χ2n) is 3.68. The van der Waals surface area contributed by atoms with E-state index in [1.165, 1.54) is 0 Å². The van der Waals surface area contributed by atoms with Gasteiger partial charge in [0.25, 0.3) is 0 Å². The van der Waals surface area contributed by atoms with Gasteiger partial charge in [-0.15, -0.1) is 11.6 Å². The molecule has 0 heterocycles. The third kappa shape index (κ3) is 5.36. The first kappa shape index (κ1) is 13.5. The van der Waals surface area contributed by atoms with Crippen molar-refractivity contribution in [3.05, 3.63) is 35.4 Å². The molecule has 0 unspecified atom stereocenters. The highest BCUT2D eigenvalue weighted by Gasteiger charge is 2.03. The summed E-state index contributed by atoms with van der Waals surface area (Å²) in [7, 11) is 0.